The summed E-state index contributed by atoms with van der Waals surface area (Å²) in [5, 5.41) is 9.52. The Kier molecular flexibility index (Phi) is 7.43. The van der Waals surface area contributed by atoms with Crippen LogP contribution < -0.4 is 0 Å². The number of fused-ring (bicyclic) bond motifs is 12. The molecule has 0 aliphatic rings. The van der Waals surface area contributed by atoms with Crippen LogP contribution in [0.1, 0.15) is 0 Å². The van der Waals surface area contributed by atoms with Gasteiger partial charge < -0.3 is 4.57 Å². The quantitative estimate of drug-likeness (QED) is 0.173. The molecule has 0 N–H and O–H groups in total. The Morgan fingerprint density at radius 2 is 0.766 bits per heavy atom. The topological polar surface area (TPSA) is 66.3 Å². The first-order valence-corrected chi connectivity index (χ1v) is 22.2. The van der Waals surface area contributed by atoms with Crippen LogP contribution in [0.5, 0.6) is 0 Å². The van der Waals surface area contributed by atoms with Gasteiger partial charge in [0, 0.05) is 70.8 Å². The summed E-state index contributed by atoms with van der Waals surface area (Å²) in [6.45, 7) is 0. The first-order chi connectivity index (χ1) is 31.7. The van der Waals surface area contributed by atoms with Crippen molar-refractivity contribution in [1.82, 2.24) is 33.6 Å². The minimum absolute atomic E-state index is 0.556. The van der Waals surface area contributed by atoms with Crippen molar-refractivity contribution in [3.63, 3.8) is 0 Å². The molecule has 0 atom stereocenters. The predicted molar refractivity (Wildman–Crippen MR) is 264 cm³/mol. The van der Waals surface area contributed by atoms with E-state index in [1.807, 2.05) is 6.20 Å². The largest absolute Gasteiger partial charge is 0.309 e. The lowest BCUT2D eigenvalue weighted by molar-refractivity contribution is 0.893. The highest BCUT2D eigenvalue weighted by Crippen LogP contribution is 2.42. The second-order valence-corrected chi connectivity index (χ2v) is 17.3. The summed E-state index contributed by atoms with van der Waals surface area (Å²) in [5.74, 6) is 1.70. The molecule has 14 aromatic rings. The number of hydrogen-bond acceptors (Lipinski definition) is 5. The molecule has 0 spiro atoms. The van der Waals surface area contributed by atoms with Crippen molar-refractivity contribution in [2.24, 2.45) is 0 Å². The lowest BCUT2D eigenvalue weighted by Crippen LogP contribution is -2.10. The van der Waals surface area contributed by atoms with E-state index >= 15 is 0 Å². The van der Waals surface area contributed by atoms with E-state index < -0.39 is 0 Å². The standard InChI is InChI=1S/C56H33N7S/c1-7-19-45-37(13-1)38-14-2-8-20-46(38)61(45)36-29-30-51-44(33-36)43-31-32-57-52(53(43)64-51)34-25-27-35(28-26-34)54-58-55(62-47-21-9-3-15-39(47)40-16-4-10-22-48(40)62)60-56(59-54)63-49-23-11-5-17-41(49)42-18-6-12-24-50(42)63/h1-33H. The highest BCUT2D eigenvalue weighted by atomic mass is 32.1. The molecule has 6 aromatic heterocycles. The van der Waals surface area contributed by atoms with Crippen LogP contribution in [0.3, 0.4) is 0 Å². The first kappa shape index (κ1) is 35.2. The van der Waals surface area contributed by atoms with Crippen LogP contribution in [0, 0.1) is 0 Å². The zero-order chi connectivity index (χ0) is 41.9. The van der Waals surface area contributed by atoms with Gasteiger partial charge in [-0.15, -0.1) is 11.3 Å². The maximum Gasteiger partial charge on any atom is 0.240 e. The third-order valence-corrected chi connectivity index (χ3v) is 14.0. The van der Waals surface area contributed by atoms with E-state index in [1.54, 1.807) is 11.3 Å². The van der Waals surface area contributed by atoms with Crippen LogP contribution in [0.15, 0.2) is 200 Å². The Labute approximate surface area is 369 Å². The number of thiophene rings is 1. The molecule has 0 aliphatic carbocycles. The summed E-state index contributed by atoms with van der Waals surface area (Å²) >= 11 is 1.79. The van der Waals surface area contributed by atoms with Gasteiger partial charge in [-0.05, 0) is 60.7 Å². The molecule has 0 radical (unpaired) electrons. The Morgan fingerprint density at radius 3 is 1.23 bits per heavy atom. The Morgan fingerprint density at radius 1 is 0.344 bits per heavy atom. The number of hydrogen-bond donors (Lipinski definition) is 0. The maximum atomic E-state index is 5.31. The smallest absolute Gasteiger partial charge is 0.240 e. The Balaban J connectivity index is 0.926. The molecule has 14 rings (SSSR count). The summed E-state index contributed by atoms with van der Waals surface area (Å²) in [4.78, 5) is 20.9. The summed E-state index contributed by atoms with van der Waals surface area (Å²) in [6, 6.07) is 68.7. The fourth-order valence-corrected chi connectivity index (χ4v) is 11.2. The van der Waals surface area contributed by atoms with Gasteiger partial charge in [0.1, 0.15) is 0 Å². The van der Waals surface area contributed by atoms with E-state index in [0.29, 0.717) is 17.7 Å². The number of rotatable bonds is 5. The molecule has 8 aromatic carbocycles. The number of benzene rings is 8. The van der Waals surface area contributed by atoms with Gasteiger partial charge in [0.05, 0.1) is 43.5 Å². The summed E-state index contributed by atoms with van der Waals surface area (Å²) in [7, 11) is 0. The van der Waals surface area contributed by atoms with Crippen molar-refractivity contribution in [3.05, 3.63) is 200 Å². The highest BCUT2D eigenvalue weighted by molar-refractivity contribution is 7.26. The van der Waals surface area contributed by atoms with Crippen molar-refractivity contribution in [1.29, 1.82) is 0 Å². The molecule has 298 valence electrons. The molecule has 7 nitrogen and oxygen atoms in total. The monoisotopic (exact) mass is 835 g/mol. The number of nitrogens with zero attached hydrogens (tertiary/aromatic N) is 7. The number of pyridine rings is 1. The van der Waals surface area contributed by atoms with Crippen LogP contribution >= 0.6 is 11.3 Å². The zero-order valence-corrected chi connectivity index (χ0v) is 34.9. The molecule has 0 saturated carbocycles. The lowest BCUT2D eigenvalue weighted by Gasteiger charge is -2.13. The molecular formula is C56H33N7S. The van der Waals surface area contributed by atoms with Gasteiger partial charge in [0.15, 0.2) is 5.82 Å². The van der Waals surface area contributed by atoms with Crippen LogP contribution in [-0.2, 0) is 0 Å². The molecule has 0 unspecified atom stereocenters. The van der Waals surface area contributed by atoms with Gasteiger partial charge in [-0.3, -0.25) is 14.1 Å². The molecule has 0 saturated heterocycles. The maximum absolute atomic E-state index is 5.31. The Bertz CT molecular complexity index is 3920. The van der Waals surface area contributed by atoms with Gasteiger partial charge >= 0.3 is 0 Å². The average Bonchev–Trinajstić information content (AvgIpc) is 4.10. The van der Waals surface area contributed by atoms with Crippen LogP contribution in [0.2, 0.25) is 0 Å². The third kappa shape index (κ3) is 5.08. The fraction of sp³-hybridized carbons (Fsp3) is 0. The summed E-state index contributed by atoms with van der Waals surface area (Å²) < 4.78 is 9.10. The van der Waals surface area contributed by atoms with Crippen molar-refractivity contribution in [2.75, 3.05) is 0 Å². The first-order valence-electron chi connectivity index (χ1n) is 21.4. The van der Waals surface area contributed by atoms with Crippen LogP contribution in [-0.4, -0.2) is 33.6 Å². The molecule has 6 heterocycles. The molecule has 0 aliphatic heterocycles. The fourth-order valence-electron chi connectivity index (χ4n) is 9.97. The molecule has 0 bridgehead atoms. The van der Waals surface area contributed by atoms with Gasteiger partial charge in [-0.25, -0.2) is 0 Å². The summed E-state index contributed by atoms with van der Waals surface area (Å²) in [6.07, 6.45) is 1.94. The van der Waals surface area contributed by atoms with Crippen molar-refractivity contribution in [2.45, 2.75) is 0 Å². The van der Waals surface area contributed by atoms with Crippen LogP contribution in [0.4, 0.5) is 0 Å². The average molecular weight is 836 g/mol. The van der Waals surface area contributed by atoms with E-state index in [-0.39, 0.29) is 0 Å². The molecule has 0 amide bonds. The van der Waals surface area contributed by atoms with Gasteiger partial charge in [-0.1, -0.05) is 133 Å². The highest BCUT2D eigenvalue weighted by Gasteiger charge is 2.21. The van der Waals surface area contributed by atoms with Crippen molar-refractivity contribution >= 4 is 96.9 Å². The van der Waals surface area contributed by atoms with Gasteiger partial charge in [0.25, 0.3) is 0 Å². The summed E-state index contributed by atoms with van der Waals surface area (Å²) in [5.41, 5.74) is 10.6. The zero-order valence-electron chi connectivity index (χ0n) is 34.1. The lowest BCUT2D eigenvalue weighted by atomic mass is 10.1. The second-order valence-electron chi connectivity index (χ2n) is 16.3. The van der Waals surface area contributed by atoms with Crippen molar-refractivity contribution in [3.8, 4) is 40.2 Å². The molecule has 0 fully saturated rings. The van der Waals surface area contributed by atoms with Gasteiger partial charge in [0.2, 0.25) is 11.9 Å². The minimum Gasteiger partial charge on any atom is -0.309 e. The number of aromatic nitrogens is 7. The number of para-hydroxylation sites is 6. The van der Waals surface area contributed by atoms with Crippen molar-refractivity contribution < 1.29 is 0 Å². The minimum atomic E-state index is 0.556. The molecule has 8 heteroatoms. The van der Waals surface area contributed by atoms with E-state index in [9.17, 15) is 0 Å². The SMILES string of the molecule is c1ccc2c(c1)c1ccccc1n2-c1ccc2sc3c(-c4ccc(-c5nc(-n6c7ccccc7c7ccccc76)nc(-n6c7ccccc7c7ccccc76)n5)cc4)nccc3c2c1. The predicted octanol–water partition coefficient (Wildman–Crippen LogP) is 14.3. The van der Waals surface area contributed by atoms with E-state index in [4.69, 9.17) is 19.9 Å². The van der Waals surface area contributed by atoms with E-state index in [2.05, 4.69) is 208 Å². The second kappa shape index (κ2) is 13.5. The third-order valence-electron chi connectivity index (χ3n) is 12.8. The van der Waals surface area contributed by atoms with Crippen LogP contribution in [0.25, 0.3) is 126 Å². The van der Waals surface area contributed by atoms with Gasteiger partial charge in [-0.2, -0.15) is 15.0 Å². The Hall–Kier alpha value is -8.46. The normalized spacial score (nSPS) is 12.1. The van der Waals surface area contributed by atoms with E-state index in [0.717, 1.165) is 70.8 Å². The molecular weight excluding hydrogens is 803 g/mol. The van der Waals surface area contributed by atoms with E-state index in [1.165, 1.54) is 37.3 Å². The molecule has 64 heavy (non-hydrogen) atoms.